The Morgan fingerprint density at radius 3 is 2.73 bits per heavy atom. The minimum Gasteiger partial charge on any atom is -0.302 e. The molecule has 8 nitrogen and oxygen atoms in total. The Hall–Kier alpha value is -3.18. The van der Waals surface area contributed by atoms with Gasteiger partial charge in [-0.05, 0) is 36.2 Å². The number of rotatable bonds is 4. The molecule has 0 radical (unpaired) electrons. The number of carbonyl (C=O) groups is 1. The molecule has 4 rings (SSSR count). The zero-order valence-electron chi connectivity index (χ0n) is 16.2. The van der Waals surface area contributed by atoms with E-state index < -0.39 is 11.2 Å². The minimum absolute atomic E-state index is 0.0948. The molecule has 1 aromatic carbocycles. The number of carbonyl (C=O) groups excluding carboxylic acids is 1. The van der Waals surface area contributed by atoms with Gasteiger partial charge in [0.15, 0.2) is 10.8 Å². The van der Waals surface area contributed by atoms with E-state index in [0.29, 0.717) is 21.3 Å². The van der Waals surface area contributed by atoms with Crippen molar-refractivity contribution in [2.75, 3.05) is 5.32 Å². The van der Waals surface area contributed by atoms with Crippen LogP contribution in [0.1, 0.15) is 10.4 Å². The molecular formula is C19H16FN5O3S2. The molecule has 0 unspecified atom stereocenters. The fraction of sp³-hybridized carbons (Fsp3) is 0.211. The van der Waals surface area contributed by atoms with Gasteiger partial charge in [0, 0.05) is 29.9 Å². The summed E-state index contributed by atoms with van der Waals surface area (Å²) in [6.07, 6.45) is -0.0948. The van der Waals surface area contributed by atoms with E-state index in [-0.39, 0.29) is 29.2 Å². The number of aromatic nitrogens is 4. The van der Waals surface area contributed by atoms with Crippen molar-refractivity contribution in [2.45, 2.75) is 13.3 Å². The molecule has 11 heteroatoms. The van der Waals surface area contributed by atoms with Crippen LogP contribution in [0.2, 0.25) is 0 Å². The van der Waals surface area contributed by atoms with Gasteiger partial charge in [0.05, 0.1) is 17.5 Å². The molecule has 1 amide bonds. The fourth-order valence-electron chi connectivity index (χ4n) is 3.04. The van der Waals surface area contributed by atoms with E-state index in [1.165, 1.54) is 36.1 Å². The van der Waals surface area contributed by atoms with Gasteiger partial charge in [-0.1, -0.05) is 6.07 Å². The van der Waals surface area contributed by atoms with Crippen LogP contribution in [0, 0.1) is 12.7 Å². The molecule has 154 valence electrons. The third-order valence-electron chi connectivity index (χ3n) is 4.63. The number of fused-ring (bicyclic) bond motifs is 1. The highest BCUT2D eigenvalue weighted by molar-refractivity contribution is 7.14. The Morgan fingerprint density at radius 2 is 2.00 bits per heavy atom. The van der Waals surface area contributed by atoms with Crippen LogP contribution in [0.15, 0.2) is 33.2 Å². The van der Waals surface area contributed by atoms with Crippen molar-refractivity contribution in [2.24, 2.45) is 14.1 Å². The van der Waals surface area contributed by atoms with Gasteiger partial charge < -0.3 is 5.32 Å². The van der Waals surface area contributed by atoms with E-state index in [0.717, 1.165) is 21.7 Å². The molecule has 0 spiro atoms. The summed E-state index contributed by atoms with van der Waals surface area (Å²) in [4.78, 5) is 41.7. The Morgan fingerprint density at radius 1 is 1.23 bits per heavy atom. The zero-order valence-corrected chi connectivity index (χ0v) is 17.9. The van der Waals surface area contributed by atoms with Crippen LogP contribution >= 0.6 is 22.9 Å². The quantitative estimate of drug-likeness (QED) is 0.520. The van der Waals surface area contributed by atoms with Crippen molar-refractivity contribution in [3.05, 3.63) is 60.7 Å². The molecule has 0 aliphatic heterocycles. The first-order valence-corrected chi connectivity index (χ1v) is 10.5. The number of benzene rings is 1. The van der Waals surface area contributed by atoms with E-state index in [2.05, 4.69) is 14.7 Å². The van der Waals surface area contributed by atoms with Crippen LogP contribution in [-0.2, 0) is 25.3 Å². The first-order valence-electron chi connectivity index (χ1n) is 8.82. The molecule has 0 saturated heterocycles. The number of nitrogens with one attached hydrogen (secondary N) is 1. The molecular weight excluding hydrogens is 429 g/mol. The van der Waals surface area contributed by atoms with Crippen molar-refractivity contribution in [1.82, 2.24) is 18.5 Å². The van der Waals surface area contributed by atoms with Gasteiger partial charge in [0.2, 0.25) is 5.91 Å². The molecule has 3 heterocycles. The largest absolute Gasteiger partial charge is 0.332 e. The van der Waals surface area contributed by atoms with E-state index >= 15 is 0 Å². The molecule has 30 heavy (non-hydrogen) atoms. The molecule has 0 fully saturated rings. The van der Waals surface area contributed by atoms with E-state index in [4.69, 9.17) is 0 Å². The highest BCUT2D eigenvalue weighted by atomic mass is 32.1. The Kier molecular flexibility index (Phi) is 5.08. The zero-order chi connectivity index (χ0) is 21.6. The van der Waals surface area contributed by atoms with Crippen LogP contribution < -0.4 is 16.6 Å². The summed E-state index contributed by atoms with van der Waals surface area (Å²) in [6, 6.07) is 4.86. The topological polar surface area (TPSA) is 98.9 Å². The smallest absolute Gasteiger partial charge is 0.302 e. The summed E-state index contributed by atoms with van der Waals surface area (Å²) in [6.45, 7) is 1.80. The summed E-state index contributed by atoms with van der Waals surface area (Å²) < 4.78 is 20.6. The molecule has 1 N–H and O–H groups in total. The SMILES string of the molecule is Cc1ccc(-c2csc(NC(=O)Cc3snc4c3c(=O)n(C)c(=O)n4C)n2)c(F)c1. The lowest BCUT2D eigenvalue weighted by Gasteiger charge is -2.04. The molecule has 0 saturated carbocycles. The lowest BCUT2D eigenvalue weighted by molar-refractivity contribution is -0.115. The molecule has 0 aliphatic carbocycles. The second-order valence-corrected chi connectivity index (χ2v) is 8.47. The van der Waals surface area contributed by atoms with Gasteiger partial charge >= 0.3 is 5.69 Å². The van der Waals surface area contributed by atoms with Crippen molar-refractivity contribution < 1.29 is 9.18 Å². The number of halogens is 1. The maximum absolute atomic E-state index is 14.2. The molecule has 0 atom stereocenters. The lowest BCUT2D eigenvalue weighted by atomic mass is 10.1. The summed E-state index contributed by atoms with van der Waals surface area (Å²) in [7, 11) is 2.90. The molecule has 0 aliphatic rings. The highest BCUT2D eigenvalue weighted by Gasteiger charge is 2.19. The molecule has 0 bridgehead atoms. The van der Waals surface area contributed by atoms with Gasteiger partial charge in [0.1, 0.15) is 5.82 Å². The third-order valence-corrected chi connectivity index (χ3v) is 6.22. The van der Waals surface area contributed by atoms with Gasteiger partial charge in [-0.25, -0.2) is 14.2 Å². The number of aryl methyl sites for hydroxylation is 2. The van der Waals surface area contributed by atoms with Crippen molar-refractivity contribution in [3.63, 3.8) is 0 Å². The molecule has 4 aromatic rings. The number of anilines is 1. The van der Waals surface area contributed by atoms with Crippen molar-refractivity contribution in [3.8, 4) is 11.3 Å². The fourth-order valence-corrected chi connectivity index (χ4v) is 4.64. The van der Waals surface area contributed by atoms with E-state index in [1.54, 1.807) is 24.4 Å². The average Bonchev–Trinajstić information content (AvgIpc) is 3.32. The summed E-state index contributed by atoms with van der Waals surface area (Å²) in [5.41, 5.74) is 0.876. The summed E-state index contributed by atoms with van der Waals surface area (Å²) in [5.74, 6) is -0.766. The van der Waals surface area contributed by atoms with Gasteiger partial charge in [-0.2, -0.15) is 4.37 Å². The number of amides is 1. The summed E-state index contributed by atoms with van der Waals surface area (Å²) in [5, 5.41) is 4.91. The first kappa shape index (κ1) is 20.1. The maximum Gasteiger partial charge on any atom is 0.332 e. The van der Waals surface area contributed by atoms with E-state index in [9.17, 15) is 18.8 Å². The maximum atomic E-state index is 14.2. The van der Waals surface area contributed by atoms with Crippen LogP contribution in [0.4, 0.5) is 9.52 Å². The monoisotopic (exact) mass is 445 g/mol. The second-order valence-electron chi connectivity index (χ2n) is 6.76. The number of hydrogen-bond acceptors (Lipinski definition) is 7. The Labute approximate surface area is 177 Å². The third kappa shape index (κ3) is 3.46. The van der Waals surface area contributed by atoms with Crippen molar-refractivity contribution in [1.29, 1.82) is 0 Å². The number of hydrogen-bond donors (Lipinski definition) is 1. The minimum atomic E-state index is -0.490. The number of nitrogens with zero attached hydrogens (tertiary/aromatic N) is 4. The van der Waals surface area contributed by atoms with Crippen LogP contribution in [-0.4, -0.2) is 24.4 Å². The lowest BCUT2D eigenvalue weighted by Crippen LogP contribution is -2.37. The Balaban J connectivity index is 1.57. The van der Waals surface area contributed by atoms with Crippen LogP contribution in [0.25, 0.3) is 22.3 Å². The highest BCUT2D eigenvalue weighted by Crippen LogP contribution is 2.28. The standard InChI is InChI=1S/C19H16FN5O3S2/c1-9-4-5-10(11(20)6-9)12-8-29-18(21-12)22-14(26)7-13-15-16(23-30-13)24(2)19(28)25(3)17(15)27/h4-6,8H,7H2,1-3H3,(H,21,22,26). The predicted octanol–water partition coefficient (Wildman–Crippen LogP) is 2.45. The van der Waals surface area contributed by atoms with E-state index in [1.807, 2.05) is 0 Å². The number of thiazole rings is 1. The molecule has 3 aromatic heterocycles. The second kappa shape index (κ2) is 7.58. The van der Waals surface area contributed by atoms with Gasteiger partial charge in [-0.3, -0.25) is 18.7 Å². The van der Waals surface area contributed by atoms with Gasteiger partial charge in [-0.15, -0.1) is 11.3 Å². The summed E-state index contributed by atoms with van der Waals surface area (Å²) >= 11 is 2.18. The first-order chi connectivity index (χ1) is 14.3. The van der Waals surface area contributed by atoms with Crippen molar-refractivity contribution >= 4 is 44.9 Å². The van der Waals surface area contributed by atoms with Crippen LogP contribution in [0.5, 0.6) is 0 Å². The predicted molar refractivity (Wildman–Crippen MR) is 115 cm³/mol. The van der Waals surface area contributed by atoms with Crippen LogP contribution in [0.3, 0.4) is 0 Å². The normalized spacial score (nSPS) is 11.2. The van der Waals surface area contributed by atoms with Gasteiger partial charge in [0.25, 0.3) is 5.56 Å². The average molecular weight is 446 g/mol. The Bertz CT molecular complexity index is 1420.